The second-order valence-corrected chi connectivity index (χ2v) is 8.49. The second kappa shape index (κ2) is 8.52. The molecule has 0 N–H and O–H groups in total. The van der Waals surface area contributed by atoms with Crippen molar-refractivity contribution in [3.63, 3.8) is 0 Å². The summed E-state index contributed by atoms with van der Waals surface area (Å²) >= 11 is 6.15. The number of Topliss-reactive ketones (excluding diaryl/α,β-unsaturated/α-hetero) is 1. The molecule has 2 nitrogen and oxygen atoms in total. The van der Waals surface area contributed by atoms with Crippen LogP contribution in [0.4, 0.5) is 0 Å². The Labute approximate surface area is 178 Å². The zero-order chi connectivity index (χ0) is 20.4. The van der Waals surface area contributed by atoms with Gasteiger partial charge in [0.1, 0.15) is 0 Å². The van der Waals surface area contributed by atoms with Crippen LogP contribution in [0.3, 0.4) is 0 Å². The van der Waals surface area contributed by atoms with Crippen LogP contribution in [-0.4, -0.2) is 17.2 Å². The number of nitrogens with zero attached hydrogens (tertiary/aromatic N) is 1. The highest BCUT2D eigenvalue weighted by atomic mass is 35.5. The van der Waals surface area contributed by atoms with Crippen molar-refractivity contribution in [2.45, 2.75) is 32.9 Å². The summed E-state index contributed by atoms with van der Waals surface area (Å²) < 4.78 is 0. The van der Waals surface area contributed by atoms with Crippen LogP contribution in [0.15, 0.2) is 72.8 Å². The first-order chi connectivity index (χ1) is 14.0. The molecule has 0 aromatic heterocycles. The maximum absolute atomic E-state index is 12.8. The number of halogens is 1. The van der Waals surface area contributed by atoms with Crippen LogP contribution in [0.25, 0.3) is 0 Å². The van der Waals surface area contributed by atoms with E-state index < -0.39 is 0 Å². The van der Waals surface area contributed by atoms with Gasteiger partial charge in [-0.2, -0.15) is 0 Å². The van der Waals surface area contributed by atoms with Gasteiger partial charge in [-0.1, -0.05) is 86.1 Å². The topological polar surface area (TPSA) is 20.3 Å². The van der Waals surface area contributed by atoms with Crippen molar-refractivity contribution in [3.8, 4) is 0 Å². The molecule has 0 saturated carbocycles. The lowest BCUT2D eigenvalue weighted by Crippen LogP contribution is -2.36. The fraction of sp³-hybridized carbons (Fsp3) is 0.269. The van der Waals surface area contributed by atoms with E-state index >= 15 is 0 Å². The molecule has 148 valence electrons. The molecule has 1 aliphatic rings. The minimum atomic E-state index is -0.00899. The number of rotatable bonds is 5. The largest absolute Gasteiger partial charge is 0.294 e. The highest BCUT2D eigenvalue weighted by Crippen LogP contribution is 2.36. The third-order valence-electron chi connectivity index (χ3n) is 5.75. The molecule has 1 aliphatic heterocycles. The number of hydrogen-bond acceptors (Lipinski definition) is 2. The molecule has 3 heteroatoms. The summed E-state index contributed by atoms with van der Waals surface area (Å²) in [6.07, 6.45) is 1.01. The summed E-state index contributed by atoms with van der Waals surface area (Å²) in [7, 11) is 0. The summed E-state index contributed by atoms with van der Waals surface area (Å²) in [5, 5.41) is 0.747. The van der Waals surface area contributed by atoms with E-state index in [1.807, 2.05) is 44.2 Å². The summed E-state index contributed by atoms with van der Waals surface area (Å²) in [5.74, 6) is 0.200. The van der Waals surface area contributed by atoms with Gasteiger partial charge in [0, 0.05) is 29.6 Å². The van der Waals surface area contributed by atoms with Gasteiger partial charge >= 0.3 is 0 Å². The number of benzene rings is 3. The lowest BCUT2D eigenvalue weighted by atomic mass is 9.87. The van der Waals surface area contributed by atoms with Crippen LogP contribution in [0.1, 0.15) is 52.5 Å². The van der Waals surface area contributed by atoms with Gasteiger partial charge in [-0.3, -0.25) is 9.69 Å². The normalized spacial score (nSPS) is 16.6. The van der Waals surface area contributed by atoms with Gasteiger partial charge in [0.25, 0.3) is 0 Å². The van der Waals surface area contributed by atoms with Crippen LogP contribution < -0.4 is 0 Å². The van der Waals surface area contributed by atoms with Gasteiger partial charge in [0.2, 0.25) is 0 Å². The number of hydrogen-bond donors (Lipinski definition) is 0. The number of carbonyl (C=O) groups excluding carboxylic acids is 1. The molecule has 1 heterocycles. The first-order valence-electron chi connectivity index (χ1n) is 10.2. The van der Waals surface area contributed by atoms with E-state index in [2.05, 4.69) is 47.4 Å². The van der Waals surface area contributed by atoms with Crippen molar-refractivity contribution in [1.29, 1.82) is 0 Å². The highest BCUT2D eigenvalue weighted by molar-refractivity contribution is 6.30. The minimum Gasteiger partial charge on any atom is -0.294 e. The van der Waals surface area contributed by atoms with Crippen molar-refractivity contribution in [1.82, 2.24) is 4.90 Å². The third kappa shape index (κ3) is 4.14. The fourth-order valence-electron chi connectivity index (χ4n) is 4.25. The van der Waals surface area contributed by atoms with E-state index in [1.54, 1.807) is 0 Å². The third-order valence-corrected chi connectivity index (χ3v) is 6.00. The van der Waals surface area contributed by atoms with Crippen molar-refractivity contribution in [3.05, 3.63) is 106 Å². The van der Waals surface area contributed by atoms with Crippen molar-refractivity contribution in [2.24, 2.45) is 5.92 Å². The average molecular weight is 404 g/mol. The van der Waals surface area contributed by atoms with Gasteiger partial charge in [-0.25, -0.2) is 0 Å². The summed E-state index contributed by atoms with van der Waals surface area (Å²) in [4.78, 5) is 15.2. The first kappa shape index (κ1) is 19.9. The van der Waals surface area contributed by atoms with Crippen LogP contribution in [0.2, 0.25) is 5.02 Å². The van der Waals surface area contributed by atoms with E-state index in [-0.39, 0.29) is 17.7 Å². The van der Waals surface area contributed by atoms with Crippen molar-refractivity contribution < 1.29 is 4.79 Å². The molecule has 3 aromatic rings. The van der Waals surface area contributed by atoms with Gasteiger partial charge in [-0.15, -0.1) is 0 Å². The SMILES string of the molecule is CC(C)C(=O)c1ccccc1CN1CCc2ccccc2C1c1ccc(Cl)cc1. The second-order valence-electron chi connectivity index (χ2n) is 8.05. The Balaban J connectivity index is 1.74. The van der Waals surface area contributed by atoms with Gasteiger partial charge in [0.15, 0.2) is 5.78 Å². The molecule has 1 atom stereocenters. The fourth-order valence-corrected chi connectivity index (χ4v) is 4.38. The first-order valence-corrected chi connectivity index (χ1v) is 10.6. The predicted molar refractivity (Wildman–Crippen MR) is 119 cm³/mol. The minimum absolute atomic E-state index is 0.00899. The summed E-state index contributed by atoms with van der Waals surface area (Å²) in [6.45, 7) is 5.63. The average Bonchev–Trinajstić information content (AvgIpc) is 2.74. The molecule has 3 aromatic carbocycles. The monoisotopic (exact) mass is 403 g/mol. The molecule has 0 fully saturated rings. The van der Waals surface area contributed by atoms with E-state index in [1.165, 1.54) is 16.7 Å². The molecular weight excluding hydrogens is 378 g/mol. The van der Waals surface area contributed by atoms with Crippen LogP contribution in [-0.2, 0) is 13.0 Å². The Morgan fingerprint density at radius 1 is 1.00 bits per heavy atom. The molecule has 0 radical (unpaired) electrons. The molecule has 0 amide bonds. The maximum atomic E-state index is 12.8. The molecule has 29 heavy (non-hydrogen) atoms. The lowest BCUT2D eigenvalue weighted by molar-refractivity contribution is 0.0936. The van der Waals surface area contributed by atoms with Gasteiger partial charge in [0.05, 0.1) is 6.04 Å². The Bertz CT molecular complexity index is 1010. The zero-order valence-electron chi connectivity index (χ0n) is 16.9. The number of fused-ring (bicyclic) bond motifs is 1. The zero-order valence-corrected chi connectivity index (χ0v) is 17.7. The Morgan fingerprint density at radius 2 is 1.69 bits per heavy atom. The highest BCUT2D eigenvalue weighted by Gasteiger charge is 2.29. The molecule has 1 unspecified atom stereocenters. The Morgan fingerprint density at radius 3 is 2.45 bits per heavy atom. The smallest absolute Gasteiger partial charge is 0.165 e. The maximum Gasteiger partial charge on any atom is 0.165 e. The molecular formula is C26H26ClNO. The molecule has 0 spiro atoms. The van der Waals surface area contributed by atoms with Crippen LogP contribution in [0.5, 0.6) is 0 Å². The predicted octanol–water partition coefficient (Wildman–Crippen LogP) is 6.33. The van der Waals surface area contributed by atoms with E-state index in [9.17, 15) is 4.79 Å². The Hall–Kier alpha value is -2.42. The summed E-state index contributed by atoms with van der Waals surface area (Å²) in [5.41, 5.74) is 5.92. The quantitative estimate of drug-likeness (QED) is 0.464. The van der Waals surface area contributed by atoms with Crippen LogP contribution >= 0.6 is 11.6 Å². The summed E-state index contributed by atoms with van der Waals surface area (Å²) in [6, 6.07) is 25.0. The standard InChI is InChI=1S/C26H26ClNO/c1-18(2)26(29)24-10-6-4-8-21(24)17-28-16-15-19-7-3-5-9-23(19)25(28)20-11-13-22(27)14-12-20/h3-14,18,25H,15-17H2,1-2H3. The lowest BCUT2D eigenvalue weighted by Gasteiger charge is -2.38. The number of carbonyl (C=O) groups is 1. The van der Waals surface area contributed by atoms with E-state index in [0.29, 0.717) is 0 Å². The Kier molecular flexibility index (Phi) is 5.84. The van der Waals surface area contributed by atoms with E-state index in [4.69, 9.17) is 11.6 Å². The molecule has 0 aliphatic carbocycles. The molecule has 0 saturated heterocycles. The van der Waals surface area contributed by atoms with Crippen molar-refractivity contribution >= 4 is 17.4 Å². The molecule has 4 rings (SSSR count). The molecule has 0 bridgehead atoms. The van der Waals surface area contributed by atoms with E-state index in [0.717, 1.165) is 35.7 Å². The van der Waals surface area contributed by atoms with Crippen LogP contribution in [0, 0.1) is 5.92 Å². The van der Waals surface area contributed by atoms with Gasteiger partial charge < -0.3 is 0 Å². The van der Waals surface area contributed by atoms with Gasteiger partial charge in [-0.05, 0) is 40.8 Å². The van der Waals surface area contributed by atoms with Crippen molar-refractivity contribution in [2.75, 3.05) is 6.54 Å². The number of ketones is 1.